The maximum Gasteiger partial charge on any atom is 0.113 e. The maximum atomic E-state index is 2.57. The van der Waals surface area contributed by atoms with Crippen molar-refractivity contribution < 1.29 is 0 Å². The minimum Gasteiger partial charge on any atom is -0.310 e. The van der Waals surface area contributed by atoms with Crippen molar-refractivity contribution in [3.63, 3.8) is 0 Å². The fourth-order valence-corrected chi connectivity index (χ4v) is 16.4. The third kappa shape index (κ3) is 5.57. The predicted octanol–water partition coefficient (Wildman–Crippen LogP) is 12.6. The van der Waals surface area contributed by atoms with Gasteiger partial charge in [0.05, 0.1) is 0 Å². The van der Waals surface area contributed by atoms with Crippen molar-refractivity contribution in [1.29, 1.82) is 0 Å². The van der Waals surface area contributed by atoms with Gasteiger partial charge in [0.25, 0.3) is 0 Å². The van der Waals surface area contributed by atoms with Gasteiger partial charge in [0.1, 0.15) is 16.1 Å². The van der Waals surface area contributed by atoms with E-state index in [1.165, 1.54) is 99.8 Å². The molecule has 2 aliphatic heterocycles. The lowest BCUT2D eigenvalue weighted by atomic mass is 9.90. The topological polar surface area (TPSA) is 6.48 Å². The van der Waals surface area contributed by atoms with Crippen LogP contribution in [0.5, 0.6) is 0 Å². The third-order valence-corrected chi connectivity index (χ3v) is 20.1. The van der Waals surface area contributed by atoms with E-state index in [0.717, 1.165) is 0 Å². The van der Waals surface area contributed by atoms with Crippen molar-refractivity contribution in [2.24, 2.45) is 0 Å². The van der Waals surface area contributed by atoms with Crippen LogP contribution in [0.2, 0.25) is 26.2 Å². The first-order chi connectivity index (χ1) is 27.9. The molecule has 0 saturated carbocycles. The van der Waals surface area contributed by atoms with Crippen molar-refractivity contribution >= 4 is 81.8 Å². The Balaban J connectivity index is 1.14. The van der Waals surface area contributed by atoms with E-state index < -0.39 is 16.1 Å². The summed E-state index contributed by atoms with van der Waals surface area (Å²) in [5.74, 6) is 0. The molecular formula is C54H50N2Si2. The molecule has 0 aliphatic carbocycles. The van der Waals surface area contributed by atoms with Gasteiger partial charge in [0.2, 0.25) is 0 Å². The number of hydrogen-bond donors (Lipinski definition) is 0. The van der Waals surface area contributed by atoms with Crippen LogP contribution >= 0.6 is 0 Å². The fourth-order valence-electron chi connectivity index (χ4n) is 10.3. The van der Waals surface area contributed by atoms with E-state index in [1.54, 1.807) is 10.4 Å². The number of para-hydroxylation sites is 2. The molecule has 2 nitrogen and oxygen atoms in total. The van der Waals surface area contributed by atoms with Crippen LogP contribution in [0, 0.1) is 27.7 Å². The zero-order valence-electron chi connectivity index (χ0n) is 34.9. The minimum absolute atomic E-state index is 1.18. The van der Waals surface area contributed by atoms with Crippen molar-refractivity contribution in [3.8, 4) is 22.3 Å². The van der Waals surface area contributed by atoms with Gasteiger partial charge in [-0.2, -0.15) is 0 Å². The van der Waals surface area contributed by atoms with Crippen LogP contribution in [-0.4, -0.2) is 16.1 Å². The molecule has 284 valence electrons. The average Bonchev–Trinajstić information content (AvgIpc) is 3.21. The summed E-state index contributed by atoms with van der Waals surface area (Å²) in [5, 5.41) is 9.13. The van der Waals surface area contributed by atoms with Crippen molar-refractivity contribution in [3.05, 3.63) is 180 Å². The first-order valence-corrected chi connectivity index (χ1v) is 26.7. The van der Waals surface area contributed by atoms with E-state index in [9.17, 15) is 0 Å². The van der Waals surface area contributed by atoms with Gasteiger partial charge in [-0.25, -0.2) is 0 Å². The lowest BCUT2D eigenvalue weighted by molar-refractivity contribution is 1.24. The Labute approximate surface area is 346 Å². The molecule has 0 saturated heterocycles. The van der Waals surface area contributed by atoms with Crippen molar-refractivity contribution in [1.82, 2.24) is 0 Å². The minimum atomic E-state index is -2.16. The van der Waals surface area contributed by atoms with E-state index in [-0.39, 0.29) is 0 Å². The molecule has 2 aliphatic rings. The van der Waals surface area contributed by atoms with Gasteiger partial charge >= 0.3 is 0 Å². The molecule has 0 radical (unpaired) electrons. The SMILES string of the molecule is Cc1cc(C)cc(N(c2ccccc2)c2ccc3c(c2)[Si](C)(C)c2ccc4c5c(ccc-3c25)-c2ccc(N(c3ccccc3)c3ccc(C)cc3C)cc2[Si]4(C)C)c1. The molecule has 58 heavy (non-hydrogen) atoms. The van der Waals surface area contributed by atoms with E-state index in [1.807, 2.05) is 0 Å². The molecule has 4 heteroatoms. The Bertz CT molecular complexity index is 2930. The monoisotopic (exact) mass is 782 g/mol. The van der Waals surface area contributed by atoms with Gasteiger partial charge < -0.3 is 9.80 Å². The van der Waals surface area contributed by atoms with Crippen molar-refractivity contribution in [2.45, 2.75) is 53.9 Å². The van der Waals surface area contributed by atoms with Gasteiger partial charge in [-0.1, -0.05) is 123 Å². The van der Waals surface area contributed by atoms with E-state index >= 15 is 0 Å². The largest absolute Gasteiger partial charge is 0.310 e. The standard InChI is InChI=1S/C54H50N2Si2/c1-35-19-26-48(38(4)30-35)56(40-17-13-10-14-18-40)42-21-23-45-47-25-24-46-44-22-20-41(55(39-15-11-9-12-16-39)43-31-36(2)29-37(3)32-43)33-51(44)57(5,6)49-27-28-50(54(47)53(46)49)58(7,8)52(45)34-42/h9-34H,1-8H3. The summed E-state index contributed by atoms with van der Waals surface area (Å²) in [7, 11) is -4.32. The Kier molecular flexibility index (Phi) is 8.35. The molecule has 0 N–H and O–H groups in total. The Morgan fingerprint density at radius 2 is 0.793 bits per heavy atom. The molecule has 8 aromatic rings. The molecule has 2 heterocycles. The number of anilines is 6. The summed E-state index contributed by atoms with van der Waals surface area (Å²) in [6.07, 6.45) is 0. The summed E-state index contributed by atoms with van der Waals surface area (Å²) in [6.45, 7) is 19.1. The quantitative estimate of drug-likeness (QED) is 0.155. The summed E-state index contributed by atoms with van der Waals surface area (Å²) < 4.78 is 0. The molecule has 0 amide bonds. The van der Waals surface area contributed by atoms with Crippen LogP contribution in [-0.2, 0) is 0 Å². The molecule has 0 atom stereocenters. The van der Waals surface area contributed by atoms with E-state index in [2.05, 4.69) is 221 Å². The van der Waals surface area contributed by atoms with Gasteiger partial charge in [0, 0.05) is 34.1 Å². The normalized spacial score (nSPS) is 14.1. The smallest absolute Gasteiger partial charge is 0.113 e. The highest BCUT2D eigenvalue weighted by Crippen LogP contribution is 2.44. The predicted molar refractivity (Wildman–Crippen MR) is 257 cm³/mol. The number of fused-ring (bicyclic) bond motifs is 4. The Hall–Kier alpha value is -5.95. The van der Waals surface area contributed by atoms with Crippen LogP contribution in [0.15, 0.2) is 158 Å². The number of benzene rings is 8. The maximum absolute atomic E-state index is 2.57. The highest BCUT2D eigenvalue weighted by Gasteiger charge is 2.42. The first kappa shape index (κ1) is 36.4. The van der Waals surface area contributed by atoms with Crippen molar-refractivity contribution in [2.75, 3.05) is 9.80 Å². The molecule has 0 fully saturated rings. The fraction of sp³-hybridized carbons (Fsp3) is 0.148. The summed E-state index contributed by atoms with van der Waals surface area (Å²) in [4.78, 5) is 4.90. The molecule has 0 aromatic heterocycles. The second-order valence-corrected chi connectivity index (χ2v) is 26.4. The molecule has 0 bridgehead atoms. The van der Waals surface area contributed by atoms with Gasteiger partial charge in [0.15, 0.2) is 0 Å². The van der Waals surface area contributed by atoms with Crippen LogP contribution < -0.4 is 30.5 Å². The van der Waals surface area contributed by atoms with Gasteiger partial charge in [-0.05, 0) is 165 Å². The Morgan fingerprint density at radius 3 is 1.29 bits per heavy atom. The van der Waals surface area contributed by atoms with E-state index in [4.69, 9.17) is 0 Å². The summed E-state index contributed by atoms with van der Waals surface area (Å²) in [6, 6.07) is 60.0. The highest BCUT2D eigenvalue weighted by atomic mass is 28.3. The molecule has 0 spiro atoms. The van der Waals surface area contributed by atoms with Crippen LogP contribution in [0.4, 0.5) is 34.1 Å². The molecule has 0 unspecified atom stereocenters. The lowest BCUT2D eigenvalue weighted by Gasteiger charge is -2.40. The zero-order valence-corrected chi connectivity index (χ0v) is 36.9. The van der Waals surface area contributed by atoms with Gasteiger partial charge in [-0.3, -0.25) is 0 Å². The number of rotatable bonds is 6. The summed E-state index contributed by atoms with van der Waals surface area (Å²) >= 11 is 0. The van der Waals surface area contributed by atoms with Gasteiger partial charge in [-0.15, -0.1) is 0 Å². The summed E-state index contributed by atoms with van der Waals surface area (Å²) in [5.41, 5.74) is 17.9. The Morgan fingerprint density at radius 1 is 0.328 bits per heavy atom. The van der Waals surface area contributed by atoms with E-state index in [0.29, 0.717) is 0 Å². The molecule has 10 rings (SSSR count). The number of aryl methyl sites for hydroxylation is 4. The number of hydrogen-bond acceptors (Lipinski definition) is 2. The first-order valence-electron chi connectivity index (χ1n) is 20.7. The second kappa shape index (κ2) is 13.3. The third-order valence-electron chi connectivity index (χ3n) is 13.0. The number of nitrogens with zero attached hydrogens (tertiary/aromatic N) is 2. The second-order valence-electron chi connectivity index (χ2n) is 17.8. The molecular weight excluding hydrogens is 733 g/mol. The zero-order chi connectivity index (χ0) is 40.1. The van der Waals surface area contributed by atoms with Crippen LogP contribution in [0.1, 0.15) is 22.3 Å². The highest BCUT2D eigenvalue weighted by molar-refractivity contribution is 7.05. The van der Waals surface area contributed by atoms with Crippen LogP contribution in [0.25, 0.3) is 33.0 Å². The van der Waals surface area contributed by atoms with Crippen LogP contribution in [0.3, 0.4) is 0 Å². The lowest BCUT2D eigenvalue weighted by Crippen LogP contribution is -2.59. The molecule has 8 aromatic carbocycles. The average molecular weight is 783 g/mol.